The number of alkyl halides is 3. The van der Waals surface area contributed by atoms with E-state index in [1.54, 1.807) is 0 Å². The van der Waals surface area contributed by atoms with Gasteiger partial charge in [-0.2, -0.15) is 13.2 Å². The number of hydrogen-bond acceptors (Lipinski definition) is 3. The Hall–Kier alpha value is -0.920. The van der Waals surface area contributed by atoms with Crippen LogP contribution in [0.25, 0.3) is 0 Å². The third kappa shape index (κ3) is 3.55. The van der Waals surface area contributed by atoms with Crippen molar-refractivity contribution >= 4 is 22.9 Å². The highest BCUT2D eigenvalue weighted by Gasteiger charge is 2.42. The second-order valence-electron chi connectivity index (χ2n) is 4.76. The summed E-state index contributed by atoms with van der Waals surface area (Å²) in [6, 6.07) is 0. The Morgan fingerprint density at radius 2 is 2.11 bits per heavy atom. The van der Waals surface area contributed by atoms with Gasteiger partial charge in [-0.25, -0.2) is 0 Å². The van der Waals surface area contributed by atoms with E-state index in [2.05, 4.69) is 0 Å². The van der Waals surface area contributed by atoms with Crippen molar-refractivity contribution in [1.29, 1.82) is 0 Å². The van der Waals surface area contributed by atoms with Crippen molar-refractivity contribution in [3.63, 3.8) is 0 Å². The summed E-state index contributed by atoms with van der Waals surface area (Å²) < 4.78 is 37.9. The minimum absolute atomic E-state index is 0.0752. The minimum Gasteiger partial charge on any atom is -0.341 e. The lowest BCUT2D eigenvalue weighted by Gasteiger charge is -2.34. The van der Waals surface area contributed by atoms with Crippen molar-refractivity contribution in [2.75, 3.05) is 31.9 Å². The predicted molar refractivity (Wildman–Crippen MR) is 64.8 cm³/mol. The van der Waals surface area contributed by atoms with Crippen LogP contribution >= 0.6 is 11.8 Å². The summed E-state index contributed by atoms with van der Waals surface area (Å²) in [7, 11) is 0. The normalized spacial score (nSPS) is 25.0. The molecule has 0 spiro atoms. The van der Waals surface area contributed by atoms with Crippen molar-refractivity contribution in [2.24, 2.45) is 5.92 Å². The number of amides is 2. The van der Waals surface area contributed by atoms with E-state index < -0.39 is 12.1 Å². The Bertz CT molecular complexity index is 375. The molecule has 0 radical (unpaired) electrons. The number of thioether (sulfide) groups is 1. The van der Waals surface area contributed by atoms with Gasteiger partial charge in [0.1, 0.15) is 6.54 Å². The summed E-state index contributed by atoms with van der Waals surface area (Å²) >= 11 is 1.14. The topological polar surface area (TPSA) is 40.6 Å². The van der Waals surface area contributed by atoms with Crippen LogP contribution in [0.5, 0.6) is 0 Å². The zero-order valence-electron chi connectivity index (χ0n) is 10.3. The highest BCUT2D eigenvalue weighted by atomic mass is 32.2. The molecule has 2 aliphatic rings. The Morgan fingerprint density at radius 1 is 1.37 bits per heavy atom. The van der Waals surface area contributed by atoms with E-state index in [1.807, 2.05) is 0 Å². The average molecular weight is 296 g/mol. The van der Waals surface area contributed by atoms with E-state index in [4.69, 9.17) is 0 Å². The fourth-order valence-corrected chi connectivity index (χ4v) is 3.13. The molecule has 8 heteroatoms. The van der Waals surface area contributed by atoms with E-state index in [-0.39, 0.29) is 30.7 Å². The molecule has 2 rings (SSSR count). The first kappa shape index (κ1) is 14.5. The van der Waals surface area contributed by atoms with Crippen molar-refractivity contribution in [1.82, 2.24) is 9.80 Å². The standard InChI is InChI=1S/C11H15F3N2O2S/c12-11(13,14)8-2-1-3-15(6-8)9(17)7-16-4-5-19-10(16)18/h8H,1-7H2/t8-/m1/s1. The van der Waals surface area contributed by atoms with Crippen molar-refractivity contribution in [3.05, 3.63) is 0 Å². The van der Waals surface area contributed by atoms with Gasteiger partial charge in [0.05, 0.1) is 5.92 Å². The highest BCUT2D eigenvalue weighted by molar-refractivity contribution is 8.13. The minimum atomic E-state index is -4.25. The predicted octanol–water partition coefficient (Wildman–Crippen LogP) is 1.96. The van der Waals surface area contributed by atoms with Crippen LogP contribution in [-0.4, -0.2) is 59.1 Å². The first-order valence-electron chi connectivity index (χ1n) is 6.14. The SMILES string of the molecule is O=C(CN1CCSC1=O)N1CCC[C@@H](C(F)(F)F)C1. The molecule has 2 saturated heterocycles. The van der Waals surface area contributed by atoms with Gasteiger partial charge in [-0.05, 0) is 12.8 Å². The Balaban J connectivity index is 1.90. The van der Waals surface area contributed by atoms with Crippen molar-refractivity contribution in [3.8, 4) is 0 Å². The molecule has 0 aromatic rings. The maximum Gasteiger partial charge on any atom is 0.393 e. The zero-order valence-corrected chi connectivity index (χ0v) is 11.1. The molecule has 4 nitrogen and oxygen atoms in total. The number of piperidine rings is 1. The Labute approximate surface area is 113 Å². The van der Waals surface area contributed by atoms with Crippen LogP contribution in [0.3, 0.4) is 0 Å². The molecule has 2 fully saturated rings. The molecule has 0 N–H and O–H groups in total. The number of halogens is 3. The van der Waals surface area contributed by atoms with Crippen LogP contribution in [0.1, 0.15) is 12.8 Å². The van der Waals surface area contributed by atoms with Crippen LogP contribution in [-0.2, 0) is 4.79 Å². The van der Waals surface area contributed by atoms with Gasteiger partial charge in [-0.3, -0.25) is 9.59 Å². The average Bonchev–Trinajstić information content (AvgIpc) is 2.74. The lowest BCUT2D eigenvalue weighted by Crippen LogP contribution is -2.48. The molecule has 1 atom stereocenters. The molecular weight excluding hydrogens is 281 g/mol. The lowest BCUT2D eigenvalue weighted by atomic mass is 9.97. The largest absolute Gasteiger partial charge is 0.393 e. The Morgan fingerprint density at radius 3 is 2.68 bits per heavy atom. The van der Waals surface area contributed by atoms with Crippen molar-refractivity contribution in [2.45, 2.75) is 19.0 Å². The monoisotopic (exact) mass is 296 g/mol. The second-order valence-corrected chi connectivity index (χ2v) is 5.80. The number of carbonyl (C=O) groups is 2. The highest BCUT2D eigenvalue weighted by Crippen LogP contribution is 2.33. The fraction of sp³-hybridized carbons (Fsp3) is 0.818. The second kappa shape index (κ2) is 5.60. The van der Waals surface area contributed by atoms with E-state index in [0.29, 0.717) is 25.3 Å². The van der Waals surface area contributed by atoms with Crippen molar-refractivity contribution < 1.29 is 22.8 Å². The quantitative estimate of drug-likeness (QED) is 0.782. The molecule has 0 aromatic heterocycles. The van der Waals surface area contributed by atoms with Crippen LogP contribution in [0, 0.1) is 5.92 Å². The molecule has 19 heavy (non-hydrogen) atoms. The molecule has 0 saturated carbocycles. The molecule has 0 aliphatic carbocycles. The maximum absolute atomic E-state index is 12.6. The zero-order chi connectivity index (χ0) is 14.0. The number of nitrogens with zero attached hydrogens (tertiary/aromatic N) is 2. The first-order chi connectivity index (χ1) is 8.88. The van der Waals surface area contributed by atoms with E-state index in [0.717, 1.165) is 11.8 Å². The molecule has 0 unspecified atom stereocenters. The maximum atomic E-state index is 12.6. The van der Waals surface area contributed by atoms with Gasteiger partial charge >= 0.3 is 6.18 Å². The molecule has 2 heterocycles. The number of likely N-dealkylation sites (tertiary alicyclic amines) is 1. The van der Waals surface area contributed by atoms with Crippen LogP contribution < -0.4 is 0 Å². The van der Waals surface area contributed by atoms with Gasteiger partial charge in [0.15, 0.2) is 0 Å². The first-order valence-corrected chi connectivity index (χ1v) is 7.12. The molecule has 108 valence electrons. The molecule has 2 amide bonds. The Kier molecular flexibility index (Phi) is 4.27. The summed E-state index contributed by atoms with van der Waals surface area (Å²) in [5.74, 6) is -1.18. The van der Waals surface area contributed by atoms with Gasteiger partial charge in [0.25, 0.3) is 5.24 Å². The van der Waals surface area contributed by atoms with Crippen LogP contribution in [0.15, 0.2) is 0 Å². The van der Waals surface area contributed by atoms with Crippen LogP contribution in [0.2, 0.25) is 0 Å². The summed E-state index contributed by atoms with van der Waals surface area (Å²) in [6.07, 6.45) is -3.82. The molecular formula is C11H15F3N2O2S. The number of hydrogen-bond donors (Lipinski definition) is 0. The molecule has 0 bridgehead atoms. The third-order valence-electron chi connectivity index (χ3n) is 3.41. The van der Waals surface area contributed by atoms with E-state index in [1.165, 1.54) is 9.80 Å². The van der Waals surface area contributed by atoms with E-state index in [9.17, 15) is 22.8 Å². The van der Waals surface area contributed by atoms with Gasteiger partial charge in [-0.15, -0.1) is 0 Å². The summed E-state index contributed by atoms with van der Waals surface area (Å²) in [5, 5.41) is -0.169. The van der Waals surface area contributed by atoms with E-state index >= 15 is 0 Å². The third-order valence-corrected chi connectivity index (χ3v) is 4.30. The molecule has 2 aliphatic heterocycles. The molecule has 0 aromatic carbocycles. The van der Waals surface area contributed by atoms with Crippen LogP contribution in [0.4, 0.5) is 18.0 Å². The fourth-order valence-electron chi connectivity index (χ4n) is 2.30. The number of carbonyl (C=O) groups excluding carboxylic acids is 2. The lowest BCUT2D eigenvalue weighted by molar-refractivity contribution is -0.188. The summed E-state index contributed by atoms with van der Waals surface area (Å²) in [5.41, 5.74) is 0. The summed E-state index contributed by atoms with van der Waals surface area (Å²) in [6.45, 7) is 0.459. The summed E-state index contributed by atoms with van der Waals surface area (Å²) in [4.78, 5) is 25.9. The van der Waals surface area contributed by atoms with Gasteiger partial charge < -0.3 is 9.80 Å². The number of rotatable bonds is 2. The smallest absolute Gasteiger partial charge is 0.341 e. The van der Waals surface area contributed by atoms with Gasteiger partial charge in [0, 0.05) is 25.4 Å². The van der Waals surface area contributed by atoms with Gasteiger partial charge in [-0.1, -0.05) is 11.8 Å². The van der Waals surface area contributed by atoms with Gasteiger partial charge in [0.2, 0.25) is 5.91 Å².